The minimum absolute atomic E-state index is 0.309. The van der Waals surface area contributed by atoms with Crippen LogP contribution in [0.1, 0.15) is 38.3 Å². The van der Waals surface area contributed by atoms with Gasteiger partial charge in [0.25, 0.3) is 0 Å². The molecule has 3 heteroatoms. The van der Waals surface area contributed by atoms with Gasteiger partial charge in [0.05, 0.1) is 5.02 Å². The highest BCUT2D eigenvalue weighted by molar-refractivity contribution is 6.33. The first-order valence-electron chi connectivity index (χ1n) is 7.44. The van der Waals surface area contributed by atoms with E-state index in [1.54, 1.807) is 6.07 Å². The van der Waals surface area contributed by atoms with Crippen LogP contribution in [0, 0.1) is 5.82 Å². The van der Waals surface area contributed by atoms with Crippen LogP contribution in [-0.4, -0.2) is 6.54 Å². The highest BCUT2D eigenvalue weighted by atomic mass is 35.5. The van der Waals surface area contributed by atoms with Crippen LogP contribution in [0.25, 0.3) is 11.1 Å². The normalized spacial score (nSPS) is 12.4. The van der Waals surface area contributed by atoms with E-state index in [0.29, 0.717) is 11.1 Å². The maximum atomic E-state index is 13.2. The van der Waals surface area contributed by atoms with Crippen LogP contribution < -0.4 is 5.32 Å². The molecule has 0 fully saturated rings. The summed E-state index contributed by atoms with van der Waals surface area (Å²) >= 11 is 6.16. The standard InChI is InChI=1S/C18H21ClFN/c1-3-10-21-18(4-2)14-7-5-6-13(11-14)16-9-8-15(20)12-17(16)19/h5-9,11-12,18,21H,3-4,10H2,1-2H3. The fourth-order valence-electron chi connectivity index (χ4n) is 2.46. The quantitative estimate of drug-likeness (QED) is 0.733. The molecule has 0 saturated carbocycles. The lowest BCUT2D eigenvalue weighted by atomic mass is 9.98. The number of nitrogens with one attached hydrogen (secondary N) is 1. The molecule has 2 aromatic rings. The van der Waals surface area contributed by atoms with E-state index in [2.05, 4.69) is 31.3 Å². The highest BCUT2D eigenvalue weighted by Gasteiger charge is 2.10. The number of benzene rings is 2. The Kier molecular flexibility index (Phi) is 5.77. The molecule has 1 nitrogen and oxygen atoms in total. The predicted octanol–water partition coefficient (Wildman–Crippen LogP) is 5.60. The maximum Gasteiger partial charge on any atom is 0.124 e. The SMILES string of the molecule is CCCNC(CC)c1cccc(-c2ccc(F)cc2Cl)c1. The number of hydrogen-bond donors (Lipinski definition) is 1. The summed E-state index contributed by atoms with van der Waals surface area (Å²) in [6, 6.07) is 13.2. The average Bonchev–Trinajstić information content (AvgIpc) is 2.48. The maximum absolute atomic E-state index is 13.2. The molecule has 2 aromatic carbocycles. The summed E-state index contributed by atoms with van der Waals surface area (Å²) < 4.78 is 13.2. The van der Waals surface area contributed by atoms with Crippen molar-refractivity contribution < 1.29 is 4.39 Å². The average molecular weight is 306 g/mol. The van der Waals surface area contributed by atoms with Crippen LogP contribution in [0.3, 0.4) is 0 Å². The van der Waals surface area contributed by atoms with Gasteiger partial charge in [-0.3, -0.25) is 0 Å². The summed E-state index contributed by atoms with van der Waals surface area (Å²) in [5, 5.41) is 3.99. The first-order valence-corrected chi connectivity index (χ1v) is 7.82. The van der Waals surface area contributed by atoms with Gasteiger partial charge in [0, 0.05) is 11.6 Å². The van der Waals surface area contributed by atoms with Crippen molar-refractivity contribution in [3.63, 3.8) is 0 Å². The smallest absolute Gasteiger partial charge is 0.124 e. The van der Waals surface area contributed by atoms with Gasteiger partial charge in [0.1, 0.15) is 5.82 Å². The second-order valence-electron chi connectivity index (χ2n) is 5.16. The van der Waals surface area contributed by atoms with E-state index in [-0.39, 0.29) is 5.82 Å². The molecular weight excluding hydrogens is 285 g/mol. The molecule has 0 aromatic heterocycles. The summed E-state index contributed by atoms with van der Waals surface area (Å²) in [5.41, 5.74) is 3.13. The van der Waals surface area contributed by atoms with E-state index in [1.165, 1.54) is 17.7 Å². The molecule has 0 aliphatic rings. The Morgan fingerprint density at radius 2 is 1.95 bits per heavy atom. The van der Waals surface area contributed by atoms with Crippen LogP contribution in [-0.2, 0) is 0 Å². The molecule has 0 amide bonds. The van der Waals surface area contributed by atoms with Gasteiger partial charge in [-0.25, -0.2) is 4.39 Å². The van der Waals surface area contributed by atoms with Crippen LogP contribution in [0.5, 0.6) is 0 Å². The summed E-state index contributed by atoms with van der Waals surface area (Å²) in [5.74, 6) is -0.309. The van der Waals surface area contributed by atoms with Crippen molar-refractivity contribution in [3.8, 4) is 11.1 Å². The lowest BCUT2D eigenvalue weighted by Crippen LogP contribution is -2.21. The fourth-order valence-corrected chi connectivity index (χ4v) is 2.74. The topological polar surface area (TPSA) is 12.0 Å². The molecule has 0 heterocycles. The number of rotatable bonds is 6. The minimum atomic E-state index is -0.309. The van der Waals surface area contributed by atoms with Gasteiger partial charge in [0.2, 0.25) is 0 Å². The third-order valence-electron chi connectivity index (χ3n) is 3.58. The van der Waals surface area contributed by atoms with E-state index in [0.717, 1.165) is 30.5 Å². The number of hydrogen-bond acceptors (Lipinski definition) is 1. The second-order valence-corrected chi connectivity index (χ2v) is 5.57. The minimum Gasteiger partial charge on any atom is -0.310 e. The van der Waals surface area contributed by atoms with Crippen LogP contribution in [0.2, 0.25) is 5.02 Å². The van der Waals surface area contributed by atoms with Crippen molar-refractivity contribution in [2.24, 2.45) is 0 Å². The lowest BCUT2D eigenvalue weighted by Gasteiger charge is -2.18. The van der Waals surface area contributed by atoms with Crippen LogP contribution in [0.15, 0.2) is 42.5 Å². The van der Waals surface area contributed by atoms with Crippen molar-refractivity contribution >= 4 is 11.6 Å². The second kappa shape index (κ2) is 7.58. The highest BCUT2D eigenvalue weighted by Crippen LogP contribution is 2.30. The van der Waals surface area contributed by atoms with Crippen molar-refractivity contribution in [1.29, 1.82) is 0 Å². The summed E-state index contributed by atoms with van der Waals surface area (Å²) in [6.45, 7) is 5.33. The summed E-state index contributed by atoms with van der Waals surface area (Å²) in [6.07, 6.45) is 2.14. The Bertz CT molecular complexity index is 598. The first-order chi connectivity index (χ1) is 10.2. The predicted molar refractivity (Wildman–Crippen MR) is 88.2 cm³/mol. The van der Waals surface area contributed by atoms with Crippen LogP contribution >= 0.6 is 11.6 Å². The summed E-state index contributed by atoms with van der Waals surface area (Å²) in [4.78, 5) is 0. The molecule has 0 spiro atoms. The molecule has 1 N–H and O–H groups in total. The van der Waals surface area contributed by atoms with Gasteiger partial charge in [-0.15, -0.1) is 0 Å². The Hall–Kier alpha value is -1.38. The zero-order chi connectivity index (χ0) is 15.2. The molecule has 0 aliphatic carbocycles. The molecule has 2 rings (SSSR count). The molecular formula is C18H21ClFN. The summed E-state index contributed by atoms with van der Waals surface area (Å²) in [7, 11) is 0. The third kappa shape index (κ3) is 4.05. The van der Waals surface area contributed by atoms with Gasteiger partial charge < -0.3 is 5.32 Å². The Morgan fingerprint density at radius 1 is 1.14 bits per heavy atom. The number of halogens is 2. The molecule has 112 valence electrons. The zero-order valence-electron chi connectivity index (χ0n) is 12.5. The third-order valence-corrected chi connectivity index (χ3v) is 3.89. The van der Waals surface area contributed by atoms with Gasteiger partial charge in [-0.05, 0) is 54.8 Å². The van der Waals surface area contributed by atoms with Crippen molar-refractivity contribution in [3.05, 3.63) is 58.9 Å². The zero-order valence-corrected chi connectivity index (χ0v) is 13.3. The van der Waals surface area contributed by atoms with E-state index < -0.39 is 0 Å². The van der Waals surface area contributed by atoms with Gasteiger partial charge in [-0.1, -0.05) is 43.6 Å². The van der Waals surface area contributed by atoms with Gasteiger partial charge >= 0.3 is 0 Å². The monoisotopic (exact) mass is 305 g/mol. The molecule has 0 saturated heterocycles. The largest absolute Gasteiger partial charge is 0.310 e. The lowest BCUT2D eigenvalue weighted by molar-refractivity contribution is 0.518. The van der Waals surface area contributed by atoms with Crippen molar-refractivity contribution in [2.45, 2.75) is 32.7 Å². The van der Waals surface area contributed by atoms with Crippen molar-refractivity contribution in [2.75, 3.05) is 6.54 Å². The molecule has 0 radical (unpaired) electrons. The molecule has 1 unspecified atom stereocenters. The van der Waals surface area contributed by atoms with E-state index in [4.69, 9.17) is 11.6 Å². The van der Waals surface area contributed by atoms with E-state index in [1.807, 2.05) is 12.1 Å². The van der Waals surface area contributed by atoms with Gasteiger partial charge in [-0.2, -0.15) is 0 Å². The van der Waals surface area contributed by atoms with E-state index >= 15 is 0 Å². The Balaban J connectivity index is 2.32. The first kappa shape index (κ1) is 16.0. The Morgan fingerprint density at radius 3 is 2.62 bits per heavy atom. The molecule has 0 bridgehead atoms. The Labute approximate surface area is 131 Å². The fraction of sp³-hybridized carbons (Fsp3) is 0.333. The molecule has 0 aliphatic heterocycles. The van der Waals surface area contributed by atoms with Gasteiger partial charge in [0.15, 0.2) is 0 Å². The molecule has 1 atom stereocenters. The van der Waals surface area contributed by atoms with E-state index in [9.17, 15) is 4.39 Å². The van der Waals surface area contributed by atoms with Crippen molar-refractivity contribution in [1.82, 2.24) is 5.32 Å². The van der Waals surface area contributed by atoms with Crippen LogP contribution in [0.4, 0.5) is 4.39 Å². The molecule has 21 heavy (non-hydrogen) atoms.